The van der Waals surface area contributed by atoms with Crippen molar-refractivity contribution in [2.75, 3.05) is 0 Å². The fourth-order valence-corrected chi connectivity index (χ4v) is 0. The van der Waals surface area contributed by atoms with Crippen LogP contribution < -0.4 is 49.6 Å². The zero-order valence-corrected chi connectivity index (χ0v) is 9.91. The summed E-state index contributed by atoms with van der Waals surface area (Å²) in [5.41, 5.74) is 0. The van der Waals surface area contributed by atoms with Gasteiger partial charge in [-0.25, -0.2) is 0 Å². The van der Waals surface area contributed by atoms with E-state index in [4.69, 9.17) is 0 Å². The normalized spacial score (nSPS) is 2.00. The van der Waals surface area contributed by atoms with Crippen molar-refractivity contribution in [1.29, 1.82) is 0 Å². The van der Waals surface area contributed by atoms with Gasteiger partial charge < -0.3 is 49.6 Å². The predicted octanol–water partition coefficient (Wildman–Crippen LogP) is -11.3. The average molecular weight is 347 g/mol. The molecule has 0 aliphatic rings. The van der Waals surface area contributed by atoms with E-state index in [0.717, 1.165) is 24.4 Å². The summed E-state index contributed by atoms with van der Waals surface area (Å²) in [6, 6.07) is 0. The topological polar surface area (TPSA) is 0 Å². The molecule has 0 unspecified atom stereocenters. The van der Waals surface area contributed by atoms with Gasteiger partial charge in [0.05, 0.1) is 0 Å². The Morgan fingerprint density at radius 2 is 1.00 bits per heavy atom. The number of hydrogen-bond donors (Lipinski definition) is 0. The standard InChI is InChI=1S/C2H3.4ClH.Hf/c1-2;;;;;/h1H,2H2;4*1H;/q;;;;;+4/p-4. The summed E-state index contributed by atoms with van der Waals surface area (Å²) < 4.78 is 1.89. The van der Waals surface area contributed by atoms with Crippen LogP contribution in [0.2, 0.25) is 0 Å². The summed E-state index contributed by atoms with van der Waals surface area (Å²) in [5, 5.41) is 0. The van der Waals surface area contributed by atoms with Crippen LogP contribution in [0.3, 0.4) is 0 Å². The van der Waals surface area contributed by atoms with Crippen molar-refractivity contribution in [3.8, 4) is 0 Å². The molecular formula is C2H3Cl4Hf. The summed E-state index contributed by atoms with van der Waals surface area (Å²) in [7, 11) is 0. The summed E-state index contributed by atoms with van der Waals surface area (Å²) in [6.07, 6.45) is 0. The van der Waals surface area contributed by atoms with Crippen LogP contribution in [-0.4, -0.2) is 0 Å². The van der Waals surface area contributed by atoms with Gasteiger partial charge in [-0.05, 0) is 0 Å². The van der Waals surface area contributed by atoms with Crippen LogP contribution in [0.1, 0.15) is 0 Å². The third-order valence-electron chi connectivity index (χ3n) is 0. The Kier molecular flexibility index (Phi) is 247. The fourth-order valence-electron chi connectivity index (χ4n) is 0. The SMILES string of the molecule is C=[CH][Hf+4].[Cl-].[Cl-].[Cl-].[Cl-]. The Hall–Kier alpha value is 1.77. The minimum atomic E-state index is 0. The van der Waals surface area contributed by atoms with E-state index in [1.165, 1.54) is 0 Å². The molecule has 0 saturated carbocycles. The second kappa shape index (κ2) is 46.4. The third-order valence-corrected chi connectivity index (χ3v) is 0. The third kappa shape index (κ3) is 82.6. The van der Waals surface area contributed by atoms with Crippen molar-refractivity contribution in [1.82, 2.24) is 0 Å². The van der Waals surface area contributed by atoms with Gasteiger partial charge in [0.25, 0.3) is 0 Å². The molecular weight excluding hydrogens is 344 g/mol. The van der Waals surface area contributed by atoms with Gasteiger partial charge in [-0.1, -0.05) is 0 Å². The second-order valence-electron chi connectivity index (χ2n) is 0.204. The molecule has 0 aliphatic carbocycles. The molecule has 0 rings (SSSR count). The molecule has 7 heavy (non-hydrogen) atoms. The quantitative estimate of drug-likeness (QED) is 0.382. The van der Waals surface area contributed by atoms with E-state index in [0.29, 0.717) is 0 Å². The number of halogens is 4. The van der Waals surface area contributed by atoms with E-state index >= 15 is 0 Å². The first-order chi connectivity index (χ1) is 1.41. The first kappa shape index (κ1) is 37.3. The summed E-state index contributed by atoms with van der Waals surface area (Å²) in [4.78, 5) is 0. The Labute approximate surface area is 83.7 Å². The Morgan fingerprint density at radius 3 is 1.00 bits per heavy atom. The van der Waals surface area contributed by atoms with Gasteiger partial charge in [-0.15, -0.1) is 0 Å². The molecule has 0 bridgehead atoms. The summed E-state index contributed by atoms with van der Waals surface area (Å²) in [5.74, 6) is 0. The number of rotatable bonds is 0. The largest absolute Gasteiger partial charge is 1.00 e. The van der Waals surface area contributed by atoms with Crippen molar-refractivity contribution in [3.63, 3.8) is 0 Å². The van der Waals surface area contributed by atoms with Gasteiger partial charge in [0.2, 0.25) is 0 Å². The average Bonchev–Trinajstić information content (AvgIpc) is 0.918. The van der Waals surface area contributed by atoms with E-state index in [1.807, 2.05) is 3.83 Å². The van der Waals surface area contributed by atoms with Crippen molar-refractivity contribution in [3.05, 3.63) is 10.4 Å². The van der Waals surface area contributed by atoms with Crippen LogP contribution in [0.5, 0.6) is 0 Å². The van der Waals surface area contributed by atoms with Crippen molar-refractivity contribution < 1.29 is 74.0 Å². The van der Waals surface area contributed by atoms with E-state index in [2.05, 4.69) is 6.58 Å². The zero-order chi connectivity index (χ0) is 2.71. The van der Waals surface area contributed by atoms with Crippen molar-refractivity contribution >= 4 is 0 Å². The maximum Gasteiger partial charge on any atom is -1.00 e. The van der Waals surface area contributed by atoms with E-state index < -0.39 is 0 Å². The molecule has 0 heterocycles. The van der Waals surface area contributed by atoms with Crippen LogP contribution in [0.25, 0.3) is 0 Å². The Balaban J connectivity index is -0.00000000333. The predicted molar refractivity (Wildman–Crippen MR) is 10.2 cm³/mol. The monoisotopic (exact) mass is 347 g/mol. The molecule has 0 amide bonds. The fraction of sp³-hybridized carbons (Fsp3) is 0. The van der Waals surface area contributed by atoms with Crippen LogP contribution in [0.4, 0.5) is 0 Å². The molecule has 0 saturated heterocycles. The molecule has 0 atom stereocenters. The first-order valence-electron chi connectivity index (χ1n) is 0.697. The summed E-state index contributed by atoms with van der Waals surface area (Å²) >= 11 is 1.13. The van der Waals surface area contributed by atoms with Gasteiger partial charge in [-0.2, -0.15) is 0 Å². The second-order valence-corrected chi connectivity index (χ2v) is 1.67. The van der Waals surface area contributed by atoms with Gasteiger partial charge in [0.1, 0.15) is 0 Å². The van der Waals surface area contributed by atoms with Crippen molar-refractivity contribution in [2.24, 2.45) is 0 Å². The number of hydrogen-bond acceptors (Lipinski definition) is 0. The molecule has 43 valence electrons. The maximum absolute atomic E-state index is 3.42. The van der Waals surface area contributed by atoms with Gasteiger partial charge in [-0.3, -0.25) is 0 Å². The van der Waals surface area contributed by atoms with Crippen molar-refractivity contribution in [2.45, 2.75) is 0 Å². The molecule has 0 fully saturated rings. The van der Waals surface area contributed by atoms with E-state index in [1.54, 1.807) is 0 Å². The van der Waals surface area contributed by atoms with Gasteiger partial charge in [0.15, 0.2) is 0 Å². The summed E-state index contributed by atoms with van der Waals surface area (Å²) in [6.45, 7) is 3.42. The molecule has 0 N–H and O–H groups in total. The Morgan fingerprint density at radius 1 is 1.00 bits per heavy atom. The molecule has 5 heteroatoms. The minimum Gasteiger partial charge on any atom is -1.00 e. The molecule has 0 nitrogen and oxygen atoms in total. The van der Waals surface area contributed by atoms with Crippen LogP contribution in [0, 0.1) is 0 Å². The first-order valence-corrected chi connectivity index (χ1v) is 2.77. The van der Waals surface area contributed by atoms with Crippen LogP contribution >= 0.6 is 0 Å². The van der Waals surface area contributed by atoms with Gasteiger partial charge in [0, 0.05) is 0 Å². The zero-order valence-electron chi connectivity index (χ0n) is 3.30. The van der Waals surface area contributed by atoms with Gasteiger partial charge >= 0.3 is 34.8 Å². The van der Waals surface area contributed by atoms with E-state index in [9.17, 15) is 0 Å². The molecule has 0 spiro atoms. The smallest absolute Gasteiger partial charge is 1.00 e. The molecule has 0 aromatic rings. The Bertz CT molecular complexity index is 17.2. The molecule has 0 aliphatic heterocycles. The van der Waals surface area contributed by atoms with Crippen LogP contribution in [0.15, 0.2) is 10.4 Å². The van der Waals surface area contributed by atoms with Crippen LogP contribution in [-0.2, 0) is 24.4 Å². The minimum absolute atomic E-state index is 0. The molecule has 0 aromatic carbocycles. The van der Waals surface area contributed by atoms with E-state index in [-0.39, 0.29) is 49.6 Å². The molecule has 0 radical (unpaired) electrons. The maximum atomic E-state index is 3.42. The molecule has 0 aromatic heterocycles.